The molecule has 128 valence electrons. The molecule has 2 N–H and O–H groups in total. The number of amides is 1. The van der Waals surface area contributed by atoms with Crippen LogP contribution in [0.1, 0.15) is 65.7 Å². The molecule has 0 aromatic heterocycles. The molecule has 1 saturated heterocycles. The van der Waals surface area contributed by atoms with Gasteiger partial charge in [0.05, 0.1) is 6.10 Å². The van der Waals surface area contributed by atoms with Gasteiger partial charge in [-0.3, -0.25) is 4.79 Å². The second kappa shape index (κ2) is 8.30. The monoisotopic (exact) mass is 310 g/mol. The lowest BCUT2D eigenvalue weighted by molar-refractivity contribution is -0.151. The van der Waals surface area contributed by atoms with Gasteiger partial charge < -0.3 is 15.4 Å². The zero-order valence-corrected chi connectivity index (χ0v) is 14.6. The van der Waals surface area contributed by atoms with Gasteiger partial charge in [0.25, 0.3) is 5.91 Å². The molecule has 2 rings (SSSR count). The fraction of sp³-hybridized carbons (Fsp3) is 0.944. The SMILES string of the molecule is CCC(OC1CCCC(C)C1)C(=O)N1CCC(C(C)N)CC1. The van der Waals surface area contributed by atoms with Gasteiger partial charge in [-0.1, -0.05) is 26.7 Å². The van der Waals surface area contributed by atoms with E-state index in [9.17, 15) is 4.79 Å². The molecule has 2 fully saturated rings. The Morgan fingerprint density at radius 2 is 1.95 bits per heavy atom. The summed E-state index contributed by atoms with van der Waals surface area (Å²) in [6.45, 7) is 8.10. The number of ether oxygens (including phenoxy) is 1. The van der Waals surface area contributed by atoms with Gasteiger partial charge >= 0.3 is 0 Å². The maximum Gasteiger partial charge on any atom is 0.251 e. The van der Waals surface area contributed by atoms with Crippen LogP contribution < -0.4 is 5.73 Å². The molecule has 1 heterocycles. The lowest BCUT2D eigenvalue weighted by atomic mass is 9.88. The van der Waals surface area contributed by atoms with Crippen molar-refractivity contribution in [2.75, 3.05) is 13.1 Å². The number of carbonyl (C=O) groups excluding carboxylic acids is 1. The highest BCUT2D eigenvalue weighted by Gasteiger charge is 2.31. The van der Waals surface area contributed by atoms with Crippen molar-refractivity contribution in [2.45, 2.75) is 84.0 Å². The predicted molar refractivity (Wildman–Crippen MR) is 89.5 cm³/mol. The number of hydrogen-bond donors (Lipinski definition) is 1. The quantitative estimate of drug-likeness (QED) is 0.849. The molecule has 1 aliphatic carbocycles. The Bertz CT molecular complexity index is 351. The van der Waals surface area contributed by atoms with Crippen LogP contribution in [-0.4, -0.2) is 42.1 Å². The Hall–Kier alpha value is -0.610. The van der Waals surface area contributed by atoms with Gasteiger partial charge in [-0.25, -0.2) is 0 Å². The molecule has 0 radical (unpaired) electrons. The number of nitrogens with zero attached hydrogens (tertiary/aromatic N) is 1. The zero-order chi connectivity index (χ0) is 16.1. The lowest BCUT2D eigenvalue weighted by Gasteiger charge is -2.37. The molecular weight excluding hydrogens is 276 g/mol. The molecule has 4 atom stereocenters. The Morgan fingerprint density at radius 1 is 1.27 bits per heavy atom. The van der Waals surface area contributed by atoms with Crippen molar-refractivity contribution in [3.63, 3.8) is 0 Å². The van der Waals surface area contributed by atoms with E-state index in [1.165, 1.54) is 12.8 Å². The highest BCUT2D eigenvalue weighted by molar-refractivity contribution is 5.81. The Labute approximate surface area is 135 Å². The van der Waals surface area contributed by atoms with Gasteiger partial charge in [-0.15, -0.1) is 0 Å². The summed E-state index contributed by atoms with van der Waals surface area (Å²) in [6, 6.07) is 0.235. The first-order valence-corrected chi connectivity index (χ1v) is 9.21. The number of likely N-dealkylation sites (tertiary alicyclic amines) is 1. The van der Waals surface area contributed by atoms with Gasteiger partial charge in [0.2, 0.25) is 0 Å². The summed E-state index contributed by atoms with van der Waals surface area (Å²) >= 11 is 0. The fourth-order valence-electron chi connectivity index (χ4n) is 3.91. The van der Waals surface area contributed by atoms with Crippen LogP contribution in [0.5, 0.6) is 0 Å². The van der Waals surface area contributed by atoms with Crippen LogP contribution in [0.2, 0.25) is 0 Å². The molecular formula is C18H34N2O2. The molecule has 4 heteroatoms. The van der Waals surface area contributed by atoms with E-state index >= 15 is 0 Å². The highest BCUT2D eigenvalue weighted by atomic mass is 16.5. The van der Waals surface area contributed by atoms with E-state index in [0.717, 1.165) is 51.1 Å². The number of nitrogens with two attached hydrogens (primary N) is 1. The Kier molecular flexibility index (Phi) is 6.69. The Morgan fingerprint density at radius 3 is 2.50 bits per heavy atom. The minimum absolute atomic E-state index is 0.198. The number of rotatable bonds is 5. The van der Waals surface area contributed by atoms with Crippen molar-refractivity contribution in [2.24, 2.45) is 17.6 Å². The molecule has 2 aliphatic rings. The first-order chi connectivity index (χ1) is 10.5. The maximum absolute atomic E-state index is 12.7. The van der Waals surface area contributed by atoms with Crippen molar-refractivity contribution in [1.82, 2.24) is 4.90 Å². The standard InChI is InChI=1S/C18H34N2O2/c1-4-17(22-16-7-5-6-13(2)12-16)18(21)20-10-8-15(9-11-20)14(3)19/h13-17H,4-12,19H2,1-3H3. The summed E-state index contributed by atoms with van der Waals surface area (Å²) in [5.74, 6) is 1.49. The average Bonchev–Trinajstić information content (AvgIpc) is 2.52. The molecule has 0 aromatic carbocycles. The largest absolute Gasteiger partial charge is 0.365 e. The van der Waals surface area contributed by atoms with E-state index < -0.39 is 0 Å². The summed E-state index contributed by atoms with van der Waals surface area (Å²) in [4.78, 5) is 14.7. The molecule has 1 saturated carbocycles. The van der Waals surface area contributed by atoms with Crippen molar-refractivity contribution in [3.05, 3.63) is 0 Å². The Balaban J connectivity index is 1.84. The van der Waals surface area contributed by atoms with Crippen LogP contribution in [0.4, 0.5) is 0 Å². The van der Waals surface area contributed by atoms with Crippen LogP contribution in [-0.2, 0) is 9.53 Å². The third kappa shape index (κ3) is 4.69. The van der Waals surface area contributed by atoms with Crippen LogP contribution in [0, 0.1) is 11.8 Å². The van der Waals surface area contributed by atoms with Crippen LogP contribution in [0.25, 0.3) is 0 Å². The van der Waals surface area contributed by atoms with Gasteiger partial charge in [0.15, 0.2) is 0 Å². The van der Waals surface area contributed by atoms with Crippen molar-refractivity contribution < 1.29 is 9.53 Å². The minimum atomic E-state index is -0.248. The summed E-state index contributed by atoms with van der Waals surface area (Å²) < 4.78 is 6.18. The highest BCUT2D eigenvalue weighted by Crippen LogP contribution is 2.28. The molecule has 0 aromatic rings. The second-order valence-corrected chi connectivity index (χ2v) is 7.45. The smallest absolute Gasteiger partial charge is 0.251 e. The molecule has 22 heavy (non-hydrogen) atoms. The predicted octanol–water partition coefficient (Wildman–Crippen LogP) is 2.95. The minimum Gasteiger partial charge on any atom is -0.365 e. The summed E-state index contributed by atoms with van der Waals surface area (Å²) in [6.07, 6.45) is 7.61. The number of hydrogen-bond acceptors (Lipinski definition) is 3. The summed E-state index contributed by atoms with van der Waals surface area (Å²) in [5, 5.41) is 0. The number of carbonyl (C=O) groups is 1. The van der Waals surface area contributed by atoms with E-state index in [1.807, 2.05) is 4.90 Å². The molecule has 1 aliphatic heterocycles. The van der Waals surface area contributed by atoms with Gasteiger partial charge in [-0.05, 0) is 50.9 Å². The third-order valence-electron chi connectivity index (χ3n) is 5.49. The zero-order valence-electron chi connectivity index (χ0n) is 14.6. The van der Waals surface area contributed by atoms with E-state index in [4.69, 9.17) is 10.5 Å². The lowest BCUT2D eigenvalue weighted by Crippen LogP contribution is -2.47. The average molecular weight is 310 g/mol. The van der Waals surface area contributed by atoms with Crippen molar-refractivity contribution >= 4 is 5.91 Å². The first kappa shape index (κ1) is 17.7. The van der Waals surface area contributed by atoms with E-state index in [-0.39, 0.29) is 24.2 Å². The number of piperidine rings is 1. The molecule has 4 nitrogen and oxygen atoms in total. The molecule has 4 unspecified atom stereocenters. The molecule has 0 bridgehead atoms. The molecule has 1 amide bonds. The summed E-state index contributed by atoms with van der Waals surface area (Å²) in [7, 11) is 0. The third-order valence-corrected chi connectivity index (χ3v) is 5.49. The van der Waals surface area contributed by atoms with Gasteiger partial charge in [0.1, 0.15) is 6.10 Å². The van der Waals surface area contributed by atoms with Crippen molar-refractivity contribution in [1.29, 1.82) is 0 Å². The van der Waals surface area contributed by atoms with Gasteiger partial charge in [-0.2, -0.15) is 0 Å². The second-order valence-electron chi connectivity index (χ2n) is 7.45. The summed E-state index contributed by atoms with van der Waals surface area (Å²) in [5.41, 5.74) is 5.98. The fourth-order valence-corrected chi connectivity index (χ4v) is 3.91. The van der Waals surface area contributed by atoms with E-state index in [1.54, 1.807) is 0 Å². The molecule has 0 spiro atoms. The van der Waals surface area contributed by atoms with Crippen LogP contribution in [0.3, 0.4) is 0 Å². The topological polar surface area (TPSA) is 55.6 Å². The normalized spacial score (nSPS) is 30.1. The van der Waals surface area contributed by atoms with Crippen LogP contribution >= 0.6 is 0 Å². The van der Waals surface area contributed by atoms with Crippen LogP contribution in [0.15, 0.2) is 0 Å². The maximum atomic E-state index is 12.7. The first-order valence-electron chi connectivity index (χ1n) is 9.21. The van der Waals surface area contributed by atoms with Gasteiger partial charge in [0, 0.05) is 19.1 Å². The van der Waals surface area contributed by atoms with E-state index in [2.05, 4.69) is 20.8 Å². The van der Waals surface area contributed by atoms with E-state index in [0.29, 0.717) is 5.92 Å². The van der Waals surface area contributed by atoms with Crippen molar-refractivity contribution in [3.8, 4) is 0 Å².